The van der Waals surface area contributed by atoms with Gasteiger partial charge in [0.05, 0.1) is 10.5 Å². The Bertz CT molecular complexity index is 741. The molecule has 0 aliphatic carbocycles. The number of rotatable bonds is 2. The van der Waals surface area contributed by atoms with Crippen LogP contribution in [-0.2, 0) is 0 Å². The van der Waals surface area contributed by atoms with Gasteiger partial charge in [-0.15, -0.1) is 0 Å². The molecule has 6 heteroatoms. The Morgan fingerprint density at radius 3 is 2.65 bits per heavy atom. The van der Waals surface area contributed by atoms with Crippen LogP contribution in [0.5, 0.6) is 0 Å². The average Bonchev–Trinajstić information content (AvgIpc) is 2.82. The van der Waals surface area contributed by atoms with Crippen molar-refractivity contribution in [3.05, 3.63) is 40.5 Å². The number of anilines is 1. The molecule has 0 spiro atoms. The van der Waals surface area contributed by atoms with E-state index >= 15 is 0 Å². The Morgan fingerprint density at radius 1 is 1.10 bits per heavy atom. The molecule has 2 heterocycles. The first-order valence-corrected chi connectivity index (χ1v) is 6.80. The molecule has 3 rings (SSSR count). The second-order valence-corrected chi connectivity index (χ2v) is 5.43. The highest BCUT2D eigenvalue weighted by Crippen LogP contribution is 2.27. The number of nitrogens with one attached hydrogen (secondary N) is 1. The van der Waals surface area contributed by atoms with Crippen molar-refractivity contribution < 1.29 is 0 Å². The number of aromatic amines is 1. The minimum absolute atomic E-state index is 0.263. The van der Waals surface area contributed by atoms with Gasteiger partial charge in [-0.25, -0.2) is 9.97 Å². The number of benzene rings is 1. The normalized spacial score (nSPS) is 11.0. The zero-order chi connectivity index (χ0) is 14.3. The molecule has 0 aliphatic rings. The van der Waals surface area contributed by atoms with E-state index < -0.39 is 0 Å². The monoisotopic (exact) mass is 306 g/mol. The highest BCUT2D eigenvalue weighted by atomic mass is 35.5. The largest absolute Gasteiger partial charge is 0.378 e. The summed E-state index contributed by atoms with van der Waals surface area (Å²) in [5.41, 5.74) is 3.42. The molecule has 0 saturated heterocycles. The predicted molar refractivity (Wildman–Crippen MR) is 83.7 cm³/mol. The van der Waals surface area contributed by atoms with Gasteiger partial charge in [-0.1, -0.05) is 35.3 Å². The van der Waals surface area contributed by atoms with Crippen LogP contribution in [0.4, 0.5) is 5.69 Å². The SMILES string of the molecule is CN(C)c1cccc(-c2nc3nc(Cl)c(Cl)cc3[nH]2)c1. The van der Waals surface area contributed by atoms with Crippen LogP contribution >= 0.6 is 23.2 Å². The second-order valence-electron chi connectivity index (χ2n) is 4.66. The Balaban J connectivity index is 2.12. The zero-order valence-electron chi connectivity index (χ0n) is 11.0. The van der Waals surface area contributed by atoms with Gasteiger partial charge in [0, 0.05) is 25.3 Å². The van der Waals surface area contributed by atoms with Crippen LogP contribution in [0.3, 0.4) is 0 Å². The van der Waals surface area contributed by atoms with Gasteiger partial charge in [0.1, 0.15) is 11.0 Å². The summed E-state index contributed by atoms with van der Waals surface area (Å²) >= 11 is 11.9. The fourth-order valence-corrected chi connectivity index (χ4v) is 2.25. The van der Waals surface area contributed by atoms with Gasteiger partial charge >= 0.3 is 0 Å². The highest BCUT2D eigenvalue weighted by Gasteiger charge is 2.10. The Morgan fingerprint density at radius 2 is 1.90 bits per heavy atom. The van der Waals surface area contributed by atoms with Crippen molar-refractivity contribution in [3.63, 3.8) is 0 Å². The number of fused-ring (bicyclic) bond motifs is 1. The van der Waals surface area contributed by atoms with Crippen LogP contribution in [0.25, 0.3) is 22.6 Å². The van der Waals surface area contributed by atoms with Gasteiger partial charge in [0.25, 0.3) is 0 Å². The van der Waals surface area contributed by atoms with Crippen LogP contribution < -0.4 is 4.90 Å². The first-order valence-electron chi connectivity index (χ1n) is 6.04. The first-order chi connectivity index (χ1) is 9.54. The van der Waals surface area contributed by atoms with E-state index in [1.54, 1.807) is 6.07 Å². The summed E-state index contributed by atoms with van der Waals surface area (Å²) in [5.74, 6) is 0.745. The van der Waals surface area contributed by atoms with Crippen LogP contribution in [-0.4, -0.2) is 29.0 Å². The van der Waals surface area contributed by atoms with Crippen molar-refractivity contribution in [2.75, 3.05) is 19.0 Å². The van der Waals surface area contributed by atoms with Gasteiger partial charge in [0.15, 0.2) is 5.65 Å². The van der Waals surface area contributed by atoms with Crippen molar-refractivity contribution >= 4 is 40.1 Å². The average molecular weight is 307 g/mol. The lowest BCUT2D eigenvalue weighted by Crippen LogP contribution is -2.08. The molecule has 0 saturated carbocycles. The van der Waals surface area contributed by atoms with E-state index in [4.69, 9.17) is 23.2 Å². The molecule has 1 N–H and O–H groups in total. The number of halogens is 2. The van der Waals surface area contributed by atoms with Crippen LogP contribution in [0, 0.1) is 0 Å². The molecule has 0 unspecified atom stereocenters. The predicted octanol–water partition coefficient (Wildman–Crippen LogP) is 4.00. The molecule has 0 amide bonds. The van der Waals surface area contributed by atoms with E-state index in [0.717, 1.165) is 22.6 Å². The standard InChI is InChI=1S/C14H12Cl2N4/c1-20(2)9-5-3-4-8(6-9)13-17-11-7-10(15)12(16)18-14(11)19-13/h3-7H,1-2H3,(H,17,18,19). The maximum atomic E-state index is 5.96. The van der Waals surface area contributed by atoms with Crippen molar-refractivity contribution in [2.45, 2.75) is 0 Å². The fraction of sp³-hybridized carbons (Fsp3) is 0.143. The number of nitrogens with zero attached hydrogens (tertiary/aromatic N) is 3. The summed E-state index contributed by atoms with van der Waals surface area (Å²) < 4.78 is 0. The lowest BCUT2D eigenvalue weighted by Gasteiger charge is -2.12. The Kier molecular flexibility index (Phi) is 3.28. The van der Waals surface area contributed by atoms with E-state index in [2.05, 4.69) is 21.0 Å². The van der Waals surface area contributed by atoms with E-state index in [9.17, 15) is 0 Å². The molecule has 2 aromatic heterocycles. The number of hydrogen-bond donors (Lipinski definition) is 1. The first kappa shape index (κ1) is 13.2. The van der Waals surface area contributed by atoms with Gasteiger partial charge in [-0.3, -0.25) is 0 Å². The summed E-state index contributed by atoms with van der Waals surface area (Å²) in [5, 5.41) is 0.677. The molecule has 0 radical (unpaired) electrons. The topological polar surface area (TPSA) is 44.8 Å². The smallest absolute Gasteiger partial charge is 0.179 e. The molecule has 102 valence electrons. The third-order valence-electron chi connectivity index (χ3n) is 3.02. The van der Waals surface area contributed by atoms with Gasteiger partial charge in [-0.05, 0) is 18.2 Å². The molecular weight excluding hydrogens is 295 g/mol. The number of imidazole rings is 1. The second kappa shape index (κ2) is 4.96. The molecule has 0 bridgehead atoms. The molecule has 0 atom stereocenters. The minimum atomic E-state index is 0.263. The van der Waals surface area contributed by atoms with Crippen LogP contribution in [0.2, 0.25) is 10.2 Å². The number of hydrogen-bond acceptors (Lipinski definition) is 3. The molecule has 3 aromatic rings. The molecule has 0 aliphatic heterocycles. The van der Waals surface area contributed by atoms with E-state index in [0.29, 0.717) is 10.7 Å². The molecule has 0 fully saturated rings. The van der Waals surface area contributed by atoms with Gasteiger partial charge < -0.3 is 9.88 Å². The fourth-order valence-electron chi connectivity index (χ4n) is 1.96. The summed E-state index contributed by atoms with van der Waals surface area (Å²) in [6.07, 6.45) is 0. The molecular formula is C14H12Cl2N4. The minimum Gasteiger partial charge on any atom is -0.378 e. The van der Waals surface area contributed by atoms with Gasteiger partial charge in [-0.2, -0.15) is 0 Å². The Labute approximate surface area is 126 Å². The van der Waals surface area contributed by atoms with E-state index in [1.165, 1.54) is 0 Å². The lowest BCUT2D eigenvalue weighted by atomic mass is 10.2. The summed E-state index contributed by atoms with van der Waals surface area (Å²) in [6, 6.07) is 9.82. The van der Waals surface area contributed by atoms with E-state index in [1.807, 2.05) is 37.2 Å². The van der Waals surface area contributed by atoms with Crippen LogP contribution in [0.15, 0.2) is 30.3 Å². The third-order valence-corrected chi connectivity index (χ3v) is 3.69. The third kappa shape index (κ3) is 2.32. The van der Waals surface area contributed by atoms with Crippen LogP contribution in [0.1, 0.15) is 0 Å². The number of aromatic nitrogens is 3. The highest BCUT2D eigenvalue weighted by molar-refractivity contribution is 6.41. The van der Waals surface area contributed by atoms with Crippen molar-refractivity contribution in [1.82, 2.24) is 15.0 Å². The molecule has 4 nitrogen and oxygen atoms in total. The number of H-pyrrole nitrogens is 1. The summed E-state index contributed by atoms with van der Waals surface area (Å²) in [7, 11) is 4.00. The molecule has 20 heavy (non-hydrogen) atoms. The Hall–Kier alpha value is -1.78. The quantitative estimate of drug-likeness (QED) is 0.728. The van der Waals surface area contributed by atoms with Gasteiger partial charge in [0.2, 0.25) is 0 Å². The zero-order valence-corrected chi connectivity index (χ0v) is 12.5. The van der Waals surface area contributed by atoms with Crippen molar-refractivity contribution in [3.8, 4) is 11.4 Å². The maximum Gasteiger partial charge on any atom is 0.179 e. The summed E-state index contributed by atoms with van der Waals surface area (Å²) in [6.45, 7) is 0. The van der Waals surface area contributed by atoms with Crippen molar-refractivity contribution in [2.24, 2.45) is 0 Å². The lowest BCUT2D eigenvalue weighted by molar-refractivity contribution is 1.13. The molecule has 1 aromatic carbocycles. The maximum absolute atomic E-state index is 5.96. The summed E-state index contributed by atoms with van der Waals surface area (Å²) in [4.78, 5) is 13.9. The van der Waals surface area contributed by atoms with Crippen molar-refractivity contribution in [1.29, 1.82) is 0 Å². The van der Waals surface area contributed by atoms with E-state index in [-0.39, 0.29) is 5.15 Å². The number of pyridine rings is 1.